The summed E-state index contributed by atoms with van der Waals surface area (Å²) in [6.45, 7) is 4.50. The standard InChI is InChI=1S/C10H17NOS/c1-8(3-5-12)11-9(2)10-4-6-13-7-10/h4,6-9,11-12H,3,5H2,1-2H3/t8-,9?/m1/s1. The summed E-state index contributed by atoms with van der Waals surface area (Å²) < 4.78 is 0. The van der Waals surface area contributed by atoms with Gasteiger partial charge in [0.05, 0.1) is 0 Å². The van der Waals surface area contributed by atoms with Crippen LogP contribution in [0.3, 0.4) is 0 Å². The van der Waals surface area contributed by atoms with Crippen molar-refractivity contribution in [1.82, 2.24) is 5.32 Å². The van der Waals surface area contributed by atoms with Gasteiger partial charge >= 0.3 is 0 Å². The van der Waals surface area contributed by atoms with Gasteiger partial charge in [0.2, 0.25) is 0 Å². The van der Waals surface area contributed by atoms with Crippen molar-refractivity contribution in [2.75, 3.05) is 6.61 Å². The molecule has 0 spiro atoms. The number of hydrogen-bond donors (Lipinski definition) is 2. The van der Waals surface area contributed by atoms with Gasteiger partial charge in [-0.05, 0) is 42.7 Å². The van der Waals surface area contributed by atoms with Crippen LogP contribution in [-0.4, -0.2) is 17.8 Å². The molecule has 13 heavy (non-hydrogen) atoms. The normalized spacial score (nSPS) is 15.6. The quantitative estimate of drug-likeness (QED) is 0.761. The van der Waals surface area contributed by atoms with Crippen molar-refractivity contribution >= 4 is 11.3 Å². The fourth-order valence-electron chi connectivity index (χ4n) is 1.32. The molecule has 0 aliphatic rings. The van der Waals surface area contributed by atoms with Gasteiger partial charge in [-0.1, -0.05) is 0 Å². The molecule has 0 aliphatic carbocycles. The lowest BCUT2D eigenvalue weighted by atomic mass is 10.1. The summed E-state index contributed by atoms with van der Waals surface area (Å²) in [6.07, 6.45) is 0.814. The highest BCUT2D eigenvalue weighted by Crippen LogP contribution is 2.16. The van der Waals surface area contributed by atoms with E-state index in [-0.39, 0.29) is 6.61 Å². The Hall–Kier alpha value is -0.380. The Morgan fingerprint density at radius 1 is 1.54 bits per heavy atom. The van der Waals surface area contributed by atoms with E-state index in [9.17, 15) is 0 Å². The Morgan fingerprint density at radius 3 is 2.85 bits per heavy atom. The Kier molecular flexibility index (Phi) is 4.42. The summed E-state index contributed by atoms with van der Waals surface area (Å²) in [5.41, 5.74) is 1.33. The number of nitrogens with one attached hydrogen (secondary N) is 1. The van der Waals surface area contributed by atoms with E-state index < -0.39 is 0 Å². The third-order valence-electron chi connectivity index (χ3n) is 2.14. The molecule has 0 radical (unpaired) electrons. The summed E-state index contributed by atoms with van der Waals surface area (Å²) in [4.78, 5) is 0. The maximum atomic E-state index is 8.74. The molecule has 1 aromatic heterocycles. The summed E-state index contributed by atoms with van der Waals surface area (Å²) >= 11 is 1.72. The van der Waals surface area contributed by atoms with Crippen molar-refractivity contribution in [3.8, 4) is 0 Å². The highest BCUT2D eigenvalue weighted by Gasteiger charge is 2.08. The number of rotatable bonds is 5. The average molecular weight is 199 g/mol. The van der Waals surface area contributed by atoms with E-state index in [1.165, 1.54) is 5.56 Å². The van der Waals surface area contributed by atoms with Crippen molar-refractivity contribution in [3.05, 3.63) is 22.4 Å². The van der Waals surface area contributed by atoms with Crippen LogP contribution in [0.4, 0.5) is 0 Å². The van der Waals surface area contributed by atoms with Crippen LogP contribution in [0.5, 0.6) is 0 Å². The first-order chi connectivity index (χ1) is 6.24. The van der Waals surface area contributed by atoms with Crippen LogP contribution in [0.2, 0.25) is 0 Å². The van der Waals surface area contributed by atoms with E-state index in [0.29, 0.717) is 12.1 Å². The van der Waals surface area contributed by atoms with Gasteiger partial charge in [-0.2, -0.15) is 11.3 Å². The maximum absolute atomic E-state index is 8.74. The van der Waals surface area contributed by atoms with Crippen LogP contribution in [0.1, 0.15) is 31.9 Å². The van der Waals surface area contributed by atoms with E-state index in [2.05, 4.69) is 36.0 Å². The van der Waals surface area contributed by atoms with E-state index in [4.69, 9.17) is 5.11 Å². The maximum Gasteiger partial charge on any atom is 0.0445 e. The molecule has 2 N–H and O–H groups in total. The Morgan fingerprint density at radius 2 is 2.31 bits per heavy atom. The highest BCUT2D eigenvalue weighted by atomic mass is 32.1. The molecule has 0 aromatic carbocycles. The van der Waals surface area contributed by atoms with Gasteiger partial charge in [0.25, 0.3) is 0 Å². The molecular formula is C10H17NOS. The third kappa shape index (κ3) is 3.46. The molecule has 0 aliphatic heterocycles. The van der Waals surface area contributed by atoms with Crippen LogP contribution < -0.4 is 5.32 Å². The molecule has 2 nitrogen and oxygen atoms in total. The van der Waals surface area contributed by atoms with Gasteiger partial charge in [-0.25, -0.2) is 0 Å². The van der Waals surface area contributed by atoms with Gasteiger partial charge in [-0.15, -0.1) is 0 Å². The number of aliphatic hydroxyl groups is 1. The van der Waals surface area contributed by atoms with Crippen LogP contribution in [0, 0.1) is 0 Å². The zero-order chi connectivity index (χ0) is 9.68. The van der Waals surface area contributed by atoms with Gasteiger partial charge in [0, 0.05) is 18.7 Å². The van der Waals surface area contributed by atoms with Gasteiger partial charge in [0.15, 0.2) is 0 Å². The van der Waals surface area contributed by atoms with E-state index in [1.54, 1.807) is 11.3 Å². The van der Waals surface area contributed by atoms with Crippen LogP contribution in [0.15, 0.2) is 16.8 Å². The predicted molar refractivity (Wildman–Crippen MR) is 57.0 cm³/mol. The van der Waals surface area contributed by atoms with Gasteiger partial charge < -0.3 is 10.4 Å². The molecule has 1 rings (SSSR count). The molecule has 0 bridgehead atoms. The monoisotopic (exact) mass is 199 g/mol. The lowest BCUT2D eigenvalue weighted by molar-refractivity contribution is 0.264. The SMILES string of the molecule is CC(N[C@H](C)CCO)c1ccsc1. The third-order valence-corrected chi connectivity index (χ3v) is 2.84. The van der Waals surface area contributed by atoms with Crippen molar-refractivity contribution < 1.29 is 5.11 Å². The first-order valence-electron chi connectivity index (χ1n) is 4.63. The first-order valence-corrected chi connectivity index (χ1v) is 5.57. The number of hydrogen-bond acceptors (Lipinski definition) is 3. The molecule has 74 valence electrons. The summed E-state index contributed by atoms with van der Waals surface area (Å²) in [5, 5.41) is 16.4. The van der Waals surface area contributed by atoms with Crippen LogP contribution in [-0.2, 0) is 0 Å². The largest absolute Gasteiger partial charge is 0.396 e. The molecule has 0 fully saturated rings. The molecule has 1 aromatic rings. The lowest BCUT2D eigenvalue weighted by Gasteiger charge is -2.18. The first kappa shape index (κ1) is 10.7. The Balaban J connectivity index is 2.37. The van der Waals surface area contributed by atoms with Gasteiger partial charge in [-0.3, -0.25) is 0 Å². The average Bonchev–Trinajstić information content (AvgIpc) is 2.55. The lowest BCUT2D eigenvalue weighted by Crippen LogP contribution is -2.29. The summed E-state index contributed by atoms with van der Waals surface area (Å²) in [6, 6.07) is 2.89. The smallest absolute Gasteiger partial charge is 0.0445 e. The summed E-state index contributed by atoms with van der Waals surface area (Å²) in [5.74, 6) is 0. The second-order valence-corrected chi connectivity index (χ2v) is 4.14. The molecule has 1 heterocycles. The predicted octanol–water partition coefficient (Wildman–Crippen LogP) is 2.17. The van der Waals surface area contributed by atoms with Crippen molar-refractivity contribution in [2.45, 2.75) is 32.4 Å². The fraction of sp³-hybridized carbons (Fsp3) is 0.600. The molecule has 1 unspecified atom stereocenters. The summed E-state index contributed by atoms with van der Waals surface area (Å²) in [7, 11) is 0. The van der Waals surface area contributed by atoms with Crippen LogP contribution in [0.25, 0.3) is 0 Å². The molecule has 0 saturated carbocycles. The molecule has 0 amide bonds. The second kappa shape index (κ2) is 5.37. The Labute approximate surface area is 83.6 Å². The minimum Gasteiger partial charge on any atom is -0.396 e. The highest BCUT2D eigenvalue weighted by molar-refractivity contribution is 7.07. The second-order valence-electron chi connectivity index (χ2n) is 3.36. The van der Waals surface area contributed by atoms with Crippen molar-refractivity contribution in [2.24, 2.45) is 0 Å². The van der Waals surface area contributed by atoms with Crippen molar-refractivity contribution in [3.63, 3.8) is 0 Å². The van der Waals surface area contributed by atoms with E-state index in [1.807, 2.05) is 0 Å². The zero-order valence-corrected chi connectivity index (χ0v) is 8.97. The minimum absolute atomic E-state index is 0.254. The van der Waals surface area contributed by atoms with E-state index >= 15 is 0 Å². The van der Waals surface area contributed by atoms with Crippen LogP contribution >= 0.6 is 11.3 Å². The van der Waals surface area contributed by atoms with E-state index in [0.717, 1.165) is 6.42 Å². The number of thiophene rings is 1. The molecular weight excluding hydrogens is 182 g/mol. The fourth-order valence-corrected chi connectivity index (χ4v) is 2.08. The topological polar surface area (TPSA) is 32.3 Å². The molecule has 2 atom stereocenters. The van der Waals surface area contributed by atoms with Gasteiger partial charge in [0.1, 0.15) is 0 Å². The molecule has 3 heteroatoms. The minimum atomic E-state index is 0.254. The Bertz CT molecular complexity index is 223. The zero-order valence-electron chi connectivity index (χ0n) is 8.16. The van der Waals surface area contributed by atoms with Crippen molar-refractivity contribution in [1.29, 1.82) is 0 Å². The molecule has 0 saturated heterocycles. The number of aliphatic hydroxyl groups excluding tert-OH is 1.